The highest BCUT2D eigenvalue weighted by Crippen LogP contribution is 2.35. The van der Waals surface area contributed by atoms with Crippen LogP contribution in [0.5, 0.6) is 0 Å². The maximum atomic E-state index is 13.3. The van der Waals surface area contributed by atoms with Gasteiger partial charge < -0.3 is 24.4 Å². The van der Waals surface area contributed by atoms with E-state index < -0.39 is 35.9 Å². The molecular weight excluding hydrogens is 585 g/mol. The van der Waals surface area contributed by atoms with Crippen molar-refractivity contribution in [3.8, 4) is 11.5 Å². The van der Waals surface area contributed by atoms with Gasteiger partial charge in [0.25, 0.3) is 5.91 Å². The third kappa shape index (κ3) is 8.21. The molecule has 1 fully saturated rings. The lowest BCUT2D eigenvalue weighted by atomic mass is 9.87. The molecule has 238 valence electrons. The van der Waals surface area contributed by atoms with E-state index in [4.69, 9.17) is 9.15 Å². The van der Waals surface area contributed by atoms with Crippen molar-refractivity contribution in [1.29, 1.82) is 0 Å². The highest BCUT2D eigenvalue weighted by atomic mass is 19.4. The fourth-order valence-electron chi connectivity index (χ4n) is 4.76. The maximum Gasteiger partial charge on any atom is 0.416 e. The molecule has 0 atom stereocenters. The first-order valence-corrected chi connectivity index (χ1v) is 14.0. The van der Waals surface area contributed by atoms with E-state index >= 15 is 0 Å². The van der Waals surface area contributed by atoms with E-state index in [-0.39, 0.29) is 46.3 Å². The smallest absolute Gasteiger partial charge is 0.416 e. The summed E-state index contributed by atoms with van der Waals surface area (Å²) < 4.78 is 52.3. The van der Waals surface area contributed by atoms with Crippen LogP contribution in [0.3, 0.4) is 0 Å². The lowest BCUT2D eigenvalue weighted by molar-refractivity contribution is -0.119. The third-order valence-corrected chi connectivity index (χ3v) is 6.82. The van der Waals surface area contributed by atoms with Gasteiger partial charge in [0.05, 0.1) is 11.7 Å². The van der Waals surface area contributed by atoms with Crippen molar-refractivity contribution in [1.82, 2.24) is 19.7 Å². The van der Waals surface area contributed by atoms with Gasteiger partial charge >= 0.3 is 12.3 Å². The molecule has 0 aliphatic heterocycles. The van der Waals surface area contributed by atoms with Crippen LogP contribution in [-0.4, -0.2) is 61.5 Å². The minimum absolute atomic E-state index is 0.00455. The Bertz CT molecular complexity index is 1500. The number of aldehydes is 1. The molecule has 0 bridgehead atoms. The number of hydrogen-bond donors (Lipinski definition) is 2. The van der Waals surface area contributed by atoms with Crippen molar-refractivity contribution in [2.75, 3.05) is 16.8 Å². The number of ether oxygens (including phenoxy) is 1. The fourth-order valence-corrected chi connectivity index (χ4v) is 4.76. The summed E-state index contributed by atoms with van der Waals surface area (Å²) in [5, 5.41) is 18.0. The fraction of sp³-hybridized carbons (Fsp3) is 0.517. The first-order chi connectivity index (χ1) is 20.4. The van der Waals surface area contributed by atoms with Gasteiger partial charge in [-0.15, -0.1) is 0 Å². The zero-order chi connectivity index (χ0) is 32.4. The van der Waals surface area contributed by atoms with E-state index in [1.807, 2.05) is 0 Å². The van der Waals surface area contributed by atoms with E-state index in [1.165, 1.54) is 52.9 Å². The Balaban J connectivity index is 1.56. The number of carbonyl (C=O) groups excluding carboxylic acids is 3. The number of oxazole rings is 1. The number of alkyl halides is 3. The van der Waals surface area contributed by atoms with Crippen molar-refractivity contribution in [3.63, 3.8) is 0 Å². The van der Waals surface area contributed by atoms with Crippen LogP contribution in [0.15, 0.2) is 35.2 Å². The molecule has 1 aliphatic rings. The molecule has 1 saturated carbocycles. The number of nitrogens with zero attached hydrogens (tertiary/aromatic N) is 5. The summed E-state index contributed by atoms with van der Waals surface area (Å²) in [6.07, 6.45) is 1.73. The summed E-state index contributed by atoms with van der Waals surface area (Å²) in [5.41, 5.74) is -1.96. The normalized spacial score (nSPS) is 17.7. The van der Waals surface area contributed by atoms with Gasteiger partial charge in [0, 0.05) is 23.9 Å². The van der Waals surface area contributed by atoms with Crippen LogP contribution in [0.4, 0.5) is 29.5 Å². The zero-order valence-electron chi connectivity index (χ0n) is 25.0. The molecule has 0 aromatic carbocycles. The Labute approximate surface area is 251 Å². The molecule has 3 aromatic rings. The standard InChI is InChI=1S/C29H35F3N6O6/c1-27(2,3)44-26(41)37(16-29(30,31)32)22-12-18(10-11-33-22)25-35-21(15-43-25)24(40)34-20-13-38(36-23(20)28(4,5)42)19-8-6-17(14-39)7-9-19/h10-15,17,19,42H,6-9,16H2,1-5H3,(H,34,40)/t17-,19-. The van der Waals surface area contributed by atoms with E-state index in [0.29, 0.717) is 4.90 Å². The molecule has 0 saturated heterocycles. The summed E-state index contributed by atoms with van der Waals surface area (Å²) in [4.78, 5) is 45.3. The van der Waals surface area contributed by atoms with Crippen LogP contribution in [0, 0.1) is 5.92 Å². The van der Waals surface area contributed by atoms with Gasteiger partial charge in [0.1, 0.15) is 41.8 Å². The zero-order valence-corrected chi connectivity index (χ0v) is 25.0. The van der Waals surface area contributed by atoms with Gasteiger partial charge in [-0.25, -0.2) is 14.8 Å². The molecule has 3 aromatic heterocycles. The lowest BCUT2D eigenvalue weighted by Gasteiger charge is -2.27. The van der Waals surface area contributed by atoms with Gasteiger partial charge in [-0.3, -0.25) is 14.4 Å². The number of nitrogens with one attached hydrogen (secondary N) is 1. The third-order valence-electron chi connectivity index (χ3n) is 6.82. The SMILES string of the molecule is CC(C)(C)OC(=O)N(CC(F)(F)F)c1cc(-c2nc(C(=O)Nc3cn([C@H]4CC[C@H](C=O)CC4)nc3C(C)(C)O)co2)ccn1. The highest BCUT2D eigenvalue weighted by molar-refractivity contribution is 6.03. The number of pyridine rings is 1. The minimum Gasteiger partial charge on any atom is -0.444 e. The van der Waals surface area contributed by atoms with Gasteiger partial charge in [-0.2, -0.15) is 18.3 Å². The van der Waals surface area contributed by atoms with Crippen LogP contribution in [0.2, 0.25) is 0 Å². The van der Waals surface area contributed by atoms with Gasteiger partial charge in [-0.05, 0) is 72.4 Å². The number of aromatic nitrogens is 4. The number of carbonyl (C=O) groups is 3. The van der Waals surface area contributed by atoms with Crippen molar-refractivity contribution in [2.45, 2.75) is 83.7 Å². The van der Waals surface area contributed by atoms with Gasteiger partial charge in [-0.1, -0.05) is 0 Å². The molecule has 1 aliphatic carbocycles. The second-order valence-electron chi connectivity index (χ2n) is 12.2. The molecule has 3 heterocycles. The van der Waals surface area contributed by atoms with Gasteiger partial charge in [0.2, 0.25) is 5.89 Å². The van der Waals surface area contributed by atoms with E-state index in [9.17, 15) is 32.7 Å². The Morgan fingerprint density at radius 1 is 1.18 bits per heavy atom. The molecule has 12 nitrogen and oxygen atoms in total. The molecule has 44 heavy (non-hydrogen) atoms. The maximum absolute atomic E-state index is 13.3. The van der Waals surface area contributed by atoms with Crippen LogP contribution >= 0.6 is 0 Å². The summed E-state index contributed by atoms with van der Waals surface area (Å²) in [5.74, 6) is -1.14. The average Bonchev–Trinajstić information content (AvgIpc) is 3.59. The Hall–Kier alpha value is -4.27. The Morgan fingerprint density at radius 3 is 2.45 bits per heavy atom. The second-order valence-corrected chi connectivity index (χ2v) is 12.2. The molecular formula is C29H35F3N6O6. The van der Waals surface area contributed by atoms with E-state index in [1.54, 1.807) is 10.9 Å². The average molecular weight is 621 g/mol. The molecule has 0 unspecified atom stereocenters. The molecule has 4 rings (SSSR count). The quantitative estimate of drug-likeness (QED) is 0.304. The molecule has 2 N–H and O–H groups in total. The van der Waals surface area contributed by atoms with Crippen molar-refractivity contribution < 1.29 is 41.8 Å². The van der Waals surface area contributed by atoms with E-state index in [0.717, 1.165) is 38.2 Å². The Morgan fingerprint density at radius 2 is 1.86 bits per heavy atom. The number of rotatable bonds is 8. The summed E-state index contributed by atoms with van der Waals surface area (Å²) in [6.45, 7) is 5.99. The Kier molecular flexibility index (Phi) is 9.18. The number of halogens is 3. The first kappa shape index (κ1) is 32.6. The van der Waals surface area contributed by atoms with Crippen LogP contribution in [-0.2, 0) is 15.1 Å². The molecule has 0 radical (unpaired) electrons. The second kappa shape index (κ2) is 12.4. The summed E-state index contributed by atoms with van der Waals surface area (Å²) in [7, 11) is 0. The van der Waals surface area contributed by atoms with Crippen molar-refractivity contribution >= 4 is 29.8 Å². The van der Waals surface area contributed by atoms with Crippen molar-refractivity contribution in [3.05, 3.63) is 42.2 Å². The van der Waals surface area contributed by atoms with Crippen molar-refractivity contribution in [2.24, 2.45) is 5.92 Å². The largest absolute Gasteiger partial charge is 0.444 e. The molecule has 0 spiro atoms. The van der Waals surface area contributed by atoms with Crippen LogP contribution in [0.25, 0.3) is 11.5 Å². The van der Waals surface area contributed by atoms with Crippen LogP contribution in [0.1, 0.15) is 82.5 Å². The highest BCUT2D eigenvalue weighted by Gasteiger charge is 2.37. The number of amides is 2. The first-order valence-electron chi connectivity index (χ1n) is 14.0. The number of aliphatic hydroxyl groups is 1. The topological polar surface area (TPSA) is 153 Å². The molecule has 2 amide bonds. The van der Waals surface area contributed by atoms with Crippen LogP contribution < -0.4 is 10.2 Å². The number of anilines is 2. The minimum atomic E-state index is -4.74. The summed E-state index contributed by atoms with van der Waals surface area (Å²) >= 11 is 0. The monoisotopic (exact) mass is 620 g/mol. The summed E-state index contributed by atoms with van der Waals surface area (Å²) in [6, 6.07) is 2.56. The van der Waals surface area contributed by atoms with E-state index in [2.05, 4.69) is 20.4 Å². The predicted octanol–water partition coefficient (Wildman–Crippen LogP) is 5.65. The number of hydrogen-bond acceptors (Lipinski definition) is 9. The lowest BCUT2D eigenvalue weighted by Crippen LogP contribution is -2.42. The molecule has 15 heteroatoms. The van der Waals surface area contributed by atoms with Gasteiger partial charge in [0.15, 0.2) is 5.69 Å². The predicted molar refractivity (Wildman–Crippen MR) is 152 cm³/mol.